The van der Waals surface area contributed by atoms with Crippen molar-refractivity contribution in [3.05, 3.63) is 90.0 Å². The number of fused-ring (bicyclic) bond motifs is 1. The fourth-order valence-electron chi connectivity index (χ4n) is 4.10. The number of pyridine rings is 1. The van der Waals surface area contributed by atoms with Crippen LogP contribution in [0.15, 0.2) is 73.1 Å². The molecule has 1 fully saturated rings. The zero-order valence-electron chi connectivity index (χ0n) is 17.2. The van der Waals surface area contributed by atoms with Crippen LogP contribution in [-0.2, 0) is 6.61 Å². The number of amides is 1. The number of rotatable bonds is 5. The Kier molecular flexibility index (Phi) is 5.35. The number of para-hydroxylation sites is 2. The largest absolute Gasteiger partial charge is 0.489 e. The van der Waals surface area contributed by atoms with Crippen molar-refractivity contribution >= 4 is 16.9 Å². The second kappa shape index (κ2) is 8.60. The van der Waals surface area contributed by atoms with Crippen molar-refractivity contribution in [3.63, 3.8) is 0 Å². The number of hydrogen-bond donors (Lipinski definition) is 1. The number of H-pyrrole nitrogens is 1. The van der Waals surface area contributed by atoms with E-state index in [9.17, 15) is 4.79 Å². The summed E-state index contributed by atoms with van der Waals surface area (Å²) in [5, 5.41) is 0. The summed E-state index contributed by atoms with van der Waals surface area (Å²) in [6, 6.07) is 19.3. The maximum Gasteiger partial charge on any atom is 0.254 e. The normalized spacial score (nSPS) is 16.4. The van der Waals surface area contributed by atoms with Crippen molar-refractivity contribution in [2.24, 2.45) is 0 Å². The monoisotopic (exact) mass is 412 g/mol. The number of aromatic amines is 1. The number of nitrogens with zero attached hydrogens (tertiary/aromatic N) is 3. The number of imidazole rings is 1. The molecule has 0 unspecified atom stereocenters. The molecule has 1 atom stereocenters. The molecule has 1 aliphatic rings. The minimum atomic E-state index is 0.0349. The van der Waals surface area contributed by atoms with Gasteiger partial charge < -0.3 is 14.6 Å². The predicted octanol–water partition coefficient (Wildman–Crippen LogP) is 4.56. The number of nitrogens with one attached hydrogen (secondary N) is 1. The Morgan fingerprint density at radius 1 is 1.13 bits per heavy atom. The Morgan fingerprint density at radius 3 is 2.94 bits per heavy atom. The van der Waals surface area contributed by atoms with E-state index in [0.29, 0.717) is 24.5 Å². The number of hydrogen-bond acceptors (Lipinski definition) is 4. The Morgan fingerprint density at radius 2 is 2.06 bits per heavy atom. The highest BCUT2D eigenvalue weighted by Gasteiger charge is 2.27. The van der Waals surface area contributed by atoms with Gasteiger partial charge in [0.05, 0.1) is 11.0 Å². The lowest BCUT2D eigenvalue weighted by molar-refractivity contribution is 0.0704. The summed E-state index contributed by atoms with van der Waals surface area (Å²) in [5.74, 6) is 1.90. The maximum absolute atomic E-state index is 13.2. The maximum atomic E-state index is 13.2. The number of ether oxygens (including phenoxy) is 1. The number of carbonyl (C=O) groups is 1. The fourth-order valence-corrected chi connectivity index (χ4v) is 4.10. The summed E-state index contributed by atoms with van der Waals surface area (Å²) in [4.78, 5) is 27.4. The Labute approximate surface area is 180 Å². The van der Waals surface area contributed by atoms with Gasteiger partial charge in [-0.1, -0.05) is 24.3 Å². The van der Waals surface area contributed by atoms with Crippen LogP contribution in [0.25, 0.3) is 11.0 Å². The fraction of sp³-hybridized carbons (Fsp3) is 0.240. The minimum absolute atomic E-state index is 0.0349. The number of likely N-dealkylation sites (tertiary alicyclic amines) is 1. The summed E-state index contributed by atoms with van der Waals surface area (Å²) in [6.07, 6.45) is 5.50. The van der Waals surface area contributed by atoms with Crippen LogP contribution in [0.1, 0.15) is 40.5 Å². The molecule has 2 aromatic carbocycles. The van der Waals surface area contributed by atoms with E-state index in [4.69, 9.17) is 9.72 Å². The van der Waals surface area contributed by atoms with Gasteiger partial charge in [0, 0.05) is 42.5 Å². The summed E-state index contributed by atoms with van der Waals surface area (Å²) in [6.45, 7) is 1.85. The van der Waals surface area contributed by atoms with Crippen LogP contribution in [-0.4, -0.2) is 38.8 Å². The smallest absolute Gasteiger partial charge is 0.254 e. The van der Waals surface area contributed by atoms with E-state index in [0.717, 1.165) is 41.8 Å². The van der Waals surface area contributed by atoms with E-state index in [1.165, 1.54) is 0 Å². The molecule has 0 saturated carbocycles. The van der Waals surface area contributed by atoms with E-state index < -0.39 is 0 Å². The SMILES string of the molecule is O=C(c1cccc(OCc2cccnc2)c1)N1CCC[C@H](c2nc3ccccc3[nH]2)C1. The van der Waals surface area contributed by atoms with Crippen LogP contribution in [0.3, 0.4) is 0 Å². The van der Waals surface area contributed by atoms with E-state index in [2.05, 4.69) is 9.97 Å². The number of carbonyl (C=O) groups excluding carboxylic acids is 1. The second-order valence-electron chi connectivity index (χ2n) is 7.91. The molecule has 2 aromatic heterocycles. The van der Waals surface area contributed by atoms with E-state index in [-0.39, 0.29) is 11.8 Å². The molecule has 31 heavy (non-hydrogen) atoms. The molecule has 1 aliphatic heterocycles. The number of piperidine rings is 1. The van der Waals surface area contributed by atoms with Crippen LogP contribution in [0.4, 0.5) is 0 Å². The molecule has 0 bridgehead atoms. The van der Waals surface area contributed by atoms with Crippen molar-refractivity contribution in [1.82, 2.24) is 19.9 Å². The lowest BCUT2D eigenvalue weighted by Gasteiger charge is -2.32. The molecule has 5 rings (SSSR count). The van der Waals surface area contributed by atoms with Gasteiger partial charge in [-0.3, -0.25) is 9.78 Å². The van der Waals surface area contributed by atoms with Crippen molar-refractivity contribution in [2.75, 3.05) is 13.1 Å². The van der Waals surface area contributed by atoms with E-state index in [1.807, 2.05) is 65.6 Å². The van der Waals surface area contributed by atoms with Crippen LogP contribution < -0.4 is 4.74 Å². The molecule has 3 heterocycles. The predicted molar refractivity (Wildman–Crippen MR) is 119 cm³/mol. The third-order valence-corrected chi connectivity index (χ3v) is 5.71. The third-order valence-electron chi connectivity index (χ3n) is 5.71. The van der Waals surface area contributed by atoms with Gasteiger partial charge in [-0.15, -0.1) is 0 Å². The van der Waals surface area contributed by atoms with Gasteiger partial charge in [-0.2, -0.15) is 0 Å². The highest BCUT2D eigenvalue weighted by atomic mass is 16.5. The van der Waals surface area contributed by atoms with Gasteiger partial charge in [0.15, 0.2) is 0 Å². The molecule has 1 amide bonds. The van der Waals surface area contributed by atoms with E-state index >= 15 is 0 Å². The van der Waals surface area contributed by atoms with Crippen LogP contribution in [0.2, 0.25) is 0 Å². The Bertz CT molecular complexity index is 1160. The molecule has 156 valence electrons. The van der Waals surface area contributed by atoms with Crippen molar-refractivity contribution in [3.8, 4) is 5.75 Å². The summed E-state index contributed by atoms with van der Waals surface area (Å²) in [5.41, 5.74) is 3.65. The first-order valence-corrected chi connectivity index (χ1v) is 10.6. The molecule has 0 radical (unpaired) electrons. The van der Waals surface area contributed by atoms with Gasteiger partial charge >= 0.3 is 0 Å². The van der Waals surface area contributed by atoms with Crippen molar-refractivity contribution < 1.29 is 9.53 Å². The Hall–Kier alpha value is -3.67. The van der Waals surface area contributed by atoms with Crippen molar-refractivity contribution in [1.29, 1.82) is 0 Å². The number of benzene rings is 2. The first kappa shape index (κ1) is 19.3. The van der Waals surface area contributed by atoms with Gasteiger partial charge in [-0.25, -0.2) is 4.98 Å². The first-order valence-electron chi connectivity index (χ1n) is 10.6. The zero-order valence-corrected chi connectivity index (χ0v) is 17.2. The Balaban J connectivity index is 1.28. The van der Waals surface area contributed by atoms with Gasteiger partial charge in [0.2, 0.25) is 0 Å². The molecular weight excluding hydrogens is 388 g/mol. The molecule has 6 nitrogen and oxygen atoms in total. The highest BCUT2D eigenvalue weighted by Crippen LogP contribution is 2.28. The average Bonchev–Trinajstić information content (AvgIpc) is 3.28. The third kappa shape index (κ3) is 4.28. The van der Waals surface area contributed by atoms with Gasteiger partial charge in [0.1, 0.15) is 18.2 Å². The number of aromatic nitrogens is 3. The topological polar surface area (TPSA) is 71.1 Å². The first-order chi connectivity index (χ1) is 15.3. The average molecular weight is 412 g/mol. The van der Waals surface area contributed by atoms with E-state index in [1.54, 1.807) is 12.4 Å². The molecule has 4 aromatic rings. The highest BCUT2D eigenvalue weighted by molar-refractivity contribution is 5.94. The molecule has 0 spiro atoms. The molecule has 1 N–H and O–H groups in total. The lowest BCUT2D eigenvalue weighted by atomic mass is 9.96. The van der Waals surface area contributed by atoms with Crippen LogP contribution in [0.5, 0.6) is 5.75 Å². The van der Waals surface area contributed by atoms with Gasteiger partial charge in [0.25, 0.3) is 5.91 Å². The summed E-state index contributed by atoms with van der Waals surface area (Å²) >= 11 is 0. The second-order valence-corrected chi connectivity index (χ2v) is 7.91. The molecule has 1 saturated heterocycles. The molecule has 0 aliphatic carbocycles. The van der Waals surface area contributed by atoms with Gasteiger partial charge in [-0.05, 0) is 49.2 Å². The quantitative estimate of drug-likeness (QED) is 0.522. The molecule has 6 heteroatoms. The lowest BCUT2D eigenvalue weighted by Crippen LogP contribution is -2.39. The minimum Gasteiger partial charge on any atom is -0.489 e. The van der Waals surface area contributed by atoms with Crippen LogP contribution >= 0.6 is 0 Å². The summed E-state index contributed by atoms with van der Waals surface area (Å²) < 4.78 is 5.87. The molecular formula is C25H24N4O2. The van der Waals surface area contributed by atoms with Crippen LogP contribution in [0, 0.1) is 0 Å². The zero-order chi connectivity index (χ0) is 21.0. The summed E-state index contributed by atoms with van der Waals surface area (Å²) in [7, 11) is 0. The standard InChI is InChI=1S/C25H24N4O2/c30-25(19-7-3-9-21(14-19)31-17-18-6-4-12-26-15-18)29-13-5-8-20(16-29)24-27-22-10-1-2-11-23(22)28-24/h1-4,6-7,9-12,14-15,20H,5,8,13,16-17H2,(H,27,28)/t20-/m0/s1. The van der Waals surface area contributed by atoms with Crippen molar-refractivity contribution in [2.45, 2.75) is 25.4 Å².